The Labute approximate surface area is 108 Å². The molecule has 94 valence electrons. The highest BCUT2D eigenvalue weighted by Gasteiger charge is 2.24. The summed E-state index contributed by atoms with van der Waals surface area (Å²) in [6.45, 7) is 1.03. The van der Waals surface area contributed by atoms with Gasteiger partial charge in [0.1, 0.15) is 5.75 Å². The molecule has 1 saturated heterocycles. The van der Waals surface area contributed by atoms with Crippen LogP contribution in [0.3, 0.4) is 0 Å². The van der Waals surface area contributed by atoms with Crippen LogP contribution in [-0.4, -0.2) is 30.2 Å². The molecule has 1 atom stereocenters. The molecule has 1 heterocycles. The van der Waals surface area contributed by atoms with Crippen molar-refractivity contribution in [1.29, 1.82) is 0 Å². The van der Waals surface area contributed by atoms with Crippen molar-refractivity contribution < 1.29 is 5.11 Å². The van der Waals surface area contributed by atoms with Gasteiger partial charge in [-0.15, -0.1) is 0 Å². The molecular weight excluding hydrogens is 230 g/mol. The molecule has 0 amide bonds. The number of thioether (sulfide) groups is 1. The second kappa shape index (κ2) is 6.31. The SMILES string of the molecule is CNCC(c1ccc(O)cc1)C1CCSCC1. The lowest BCUT2D eigenvalue weighted by molar-refractivity contribution is 0.385. The van der Waals surface area contributed by atoms with Crippen LogP contribution in [0.25, 0.3) is 0 Å². The van der Waals surface area contributed by atoms with Gasteiger partial charge in [-0.3, -0.25) is 0 Å². The maximum atomic E-state index is 9.36. The lowest BCUT2D eigenvalue weighted by Crippen LogP contribution is -2.26. The molecule has 1 aliphatic heterocycles. The predicted molar refractivity (Wildman–Crippen MR) is 74.8 cm³/mol. The molecule has 1 aromatic rings. The molecule has 1 unspecified atom stereocenters. The molecule has 17 heavy (non-hydrogen) atoms. The van der Waals surface area contributed by atoms with Crippen LogP contribution in [0.4, 0.5) is 0 Å². The number of phenolic OH excluding ortho intramolecular Hbond substituents is 1. The van der Waals surface area contributed by atoms with Crippen molar-refractivity contribution >= 4 is 11.8 Å². The van der Waals surface area contributed by atoms with Crippen LogP contribution in [-0.2, 0) is 0 Å². The van der Waals surface area contributed by atoms with Crippen LogP contribution in [0.2, 0.25) is 0 Å². The van der Waals surface area contributed by atoms with Crippen LogP contribution in [0, 0.1) is 5.92 Å². The minimum Gasteiger partial charge on any atom is -0.508 e. The number of aromatic hydroxyl groups is 1. The van der Waals surface area contributed by atoms with E-state index in [1.165, 1.54) is 29.9 Å². The third-order valence-corrected chi connectivity index (χ3v) is 4.63. The minimum atomic E-state index is 0.358. The number of phenols is 1. The highest BCUT2D eigenvalue weighted by atomic mass is 32.2. The van der Waals surface area contributed by atoms with Gasteiger partial charge in [0, 0.05) is 6.54 Å². The van der Waals surface area contributed by atoms with Gasteiger partial charge in [-0.2, -0.15) is 11.8 Å². The molecular formula is C14H21NOS. The van der Waals surface area contributed by atoms with Crippen molar-refractivity contribution in [2.45, 2.75) is 18.8 Å². The minimum absolute atomic E-state index is 0.358. The van der Waals surface area contributed by atoms with Gasteiger partial charge in [0.05, 0.1) is 0 Å². The summed E-state index contributed by atoms with van der Waals surface area (Å²) in [6, 6.07) is 7.74. The zero-order chi connectivity index (χ0) is 12.1. The summed E-state index contributed by atoms with van der Waals surface area (Å²) in [6.07, 6.45) is 2.63. The molecule has 2 nitrogen and oxygen atoms in total. The molecule has 1 fully saturated rings. The van der Waals surface area contributed by atoms with E-state index in [2.05, 4.69) is 29.2 Å². The molecule has 0 radical (unpaired) electrons. The van der Waals surface area contributed by atoms with Crippen LogP contribution >= 0.6 is 11.8 Å². The first-order valence-electron chi connectivity index (χ1n) is 6.32. The fraction of sp³-hybridized carbons (Fsp3) is 0.571. The Morgan fingerprint density at radius 3 is 2.53 bits per heavy atom. The summed E-state index contributed by atoms with van der Waals surface area (Å²) in [7, 11) is 2.02. The highest BCUT2D eigenvalue weighted by Crippen LogP contribution is 2.35. The maximum Gasteiger partial charge on any atom is 0.115 e. The Bertz CT molecular complexity index is 333. The molecule has 0 saturated carbocycles. The monoisotopic (exact) mass is 251 g/mol. The van der Waals surface area contributed by atoms with Gasteiger partial charge in [-0.05, 0) is 60.9 Å². The first kappa shape index (κ1) is 12.8. The average molecular weight is 251 g/mol. The van der Waals surface area contributed by atoms with Crippen molar-refractivity contribution in [3.63, 3.8) is 0 Å². The van der Waals surface area contributed by atoms with Gasteiger partial charge in [0.2, 0.25) is 0 Å². The summed E-state index contributed by atoms with van der Waals surface area (Å²) >= 11 is 2.07. The van der Waals surface area contributed by atoms with E-state index in [1.54, 1.807) is 12.1 Å². The first-order chi connectivity index (χ1) is 8.31. The Balaban J connectivity index is 2.12. The number of nitrogens with one attached hydrogen (secondary N) is 1. The first-order valence-corrected chi connectivity index (χ1v) is 7.48. The number of rotatable bonds is 4. The van der Waals surface area contributed by atoms with Crippen LogP contribution in [0.15, 0.2) is 24.3 Å². The second-order valence-electron chi connectivity index (χ2n) is 4.71. The molecule has 2 rings (SSSR count). The Kier molecular flexibility index (Phi) is 4.75. The van der Waals surface area contributed by atoms with Crippen LogP contribution in [0.5, 0.6) is 5.75 Å². The zero-order valence-electron chi connectivity index (χ0n) is 10.4. The van der Waals surface area contributed by atoms with Gasteiger partial charge < -0.3 is 10.4 Å². The molecule has 3 heteroatoms. The third-order valence-electron chi connectivity index (χ3n) is 3.58. The molecule has 2 N–H and O–H groups in total. The number of hydrogen-bond acceptors (Lipinski definition) is 3. The topological polar surface area (TPSA) is 32.3 Å². The summed E-state index contributed by atoms with van der Waals surface area (Å²) < 4.78 is 0. The van der Waals surface area contributed by atoms with Crippen molar-refractivity contribution in [1.82, 2.24) is 5.32 Å². The average Bonchev–Trinajstić information content (AvgIpc) is 2.38. The van der Waals surface area contributed by atoms with E-state index >= 15 is 0 Å². The Hall–Kier alpha value is -0.670. The fourth-order valence-electron chi connectivity index (χ4n) is 2.62. The summed E-state index contributed by atoms with van der Waals surface area (Å²) in [4.78, 5) is 0. The van der Waals surface area contributed by atoms with Gasteiger partial charge in [-0.25, -0.2) is 0 Å². The van der Waals surface area contributed by atoms with Crippen molar-refractivity contribution in [2.75, 3.05) is 25.1 Å². The van der Waals surface area contributed by atoms with Crippen molar-refractivity contribution in [3.05, 3.63) is 29.8 Å². The molecule has 1 aliphatic rings. The van der Waals surface area contributed by atoms with Crippen LogP contribution < -0.4 is 5.32 Å². The lowest BCUT2D eigenvalue weighted by atomic mass is 9.82. The third kappa shape index (κ3) is 3.39. The second-order valence-corrected chi connectivity index (χ2v) is 5.93. The molecule has 0 aliphatic carbocycles. The Morgan fingerprint density at radius 1 is 1.29 bits per heavy atom. The number of benzene rings is 1. The molecule has 0 spiro atoms. The summed E-state index contributed by atoms with van der Waals surface area (Å²) in [5, 5.41) is 12.7. The summed E-state index contributed by atoms with van der Waals surface area (Å²) in [5.41, 5.74) is 1.36. The van der Waals surface area contributed by atoms with E-state index in [9.17, 15) is 5.11 Å². The lowest BCUT2D eigenvalue weighted by Gasteiger charge is -2.30. The Morgan fingerprint density at radius 2 is 1.94 bits per heavy atom. The normalized spacial score (nSPS) is 19.1. The standard InChI is InChI=1S/C14H21NOS/c1-15-10-14(12-6-8-17-9-7-12)11-2-4-13(16)5-3-11/h2-5,12,14-16H,6-10H2,1H3. The molecule has 1 aromatic carbocycles. The van der Waals surface area contributed by atoms with Gasteiger partial charge >= 0.3 is 0 Å². The fourth-order valence-corrected chi connectivity index (χ4v) is 3.76. The van der Waals surface area contributed by atoms with Crippen molar-refractivity contribution in [2.24, 2.45) is 5.92 Å². The van der Waals surface area contributed by atoms with E-state index in [0.29, 0.717) is 11.7 Å². The maximum absolute atomic E-state index is 9.36. The van der Waals surface area contributed by atoms with Crippen molar-refractivity contribution in [3.8, 4) is 5.75 Å². The zero-order valence-corrected chi connectivity index (χ0v) is 11.2. The molecule has 0 aromatic heterocycles. The van der Waals surface area contributed by atoms with E-state index in [4.69, 9.17) is 0 Å². The largest absolute Gasteiger partial charge is 0.508 e. The van der Waals surface area contributed by atoms with E-state index in [-0.39, 0.29) is 0 Å². The smallest absolute Gasteiger partial charge is 0.115 e. The highest BCUT2D eigenvalue weighted by molar-refractivity contribution is 7.99. The van der Waals surface area contributed by atoms with Gasteiger partial charge in [0.15, 0.2) is 0 Å². The number of hydrogen-bond donors (Lipinski definition) is 2. The van der Waals surface area contributed by atoms with Gasteiger partial charge in [-0.1, -0.05) is 12.1 Å². The number of likely N-dealkylation sites (N-methyl/N-ethyl adjacent to an activating group) is 1. The van der Waals surface area contributed by atoms with Gasteiger partial charge in [0.25, 0.3) is 0 Å². The van der Waals surface area contributed by atoms with E-state index in [0.717, 1.165) is 12.5 Å². The molecule has 0 bridgehead atoms. The quantitative estimate of drug-likeness (QED) is 0.863. The predicted octanol–water partition coefficient (Wildman–Crippen LogP) is 2.84. The summed E-state index contributed by atoms with van der Waals surface area (Å²) in [5.74, 6) is 4.32. The van der Waals surface area contributed by atoms with E-state index in [1.807, 2.05) is 7.05 Å². The van der Waals surface area contributed by atoms with E-state index < -0.39 is 0 Å². The van der Waals surface area contributed by atoms with Crippen LogP contribution in [0.1, 0.15) is 24.3 Å².